The summed E-state index contributed by atoms with van der Waals surface area (Å²) in [4.78, 5) is 3.82. The molecule has 2 aromatic rings. The Morgan fingerprint density at radius 3 is 2.62 bits per heavy atom. The molecule has 2 nitrogen and oxygen atoms in total. The van der Waals surface area contributed by atoms with E-state index in [1.54, 1.807) is 0 Å². The van der Waals surface area contributed by atoms with Crippen LogP contribution in [0.5, 0.6) is 0 Å². The summed E-state index contributed by atoms with van der Waals surface area (Å²) in [6.07, 6.45) is -2.44. The number of hydrogen-bond acceptors (Lipinski definition) is 2. The highest BCUT2D eigenvalue weighted by molar-refractivity contribution is 9.10. The number of aromatic nitrogens is 1. The van der Waals surface area contributed by atoms with Crippen molar-refractivity contribution < 1.29 is 13.2 Å². The zero-order chi connectivity index (χ0) is 15.5. The predicted octanol–water partition coefficient (Wildman–Crippen LogP) is 4.83. The first kappa shape index (κ1) is 15.8. The van der Waals surface area contributed by atoms with Gasteiger partial charge in [0.2, 0.25) is 0 Å². The maximum Gasteiger partial charge on any atom is 0.419 e. The number of rotatable bonds is 4. The van der Waals surface area contributed by atoms with Gasteiger partial charge in [0.25, 0.3) is 0 Å². The van der Waals surface area contributed by atoms with Crippen LogP contribution in [-0.4, -0.2) is 11.5 Å². The average Bonchev–Trinajstić information content (AvgIpc) is 2.41. The van der Waals surface area contributed by atoms with E-state index >= 15 is 0 Å². The van der Waals surface area contributed by atoms with Crippen LogP contribution in [0.15, 0.2) is 41.0 Å². The van der Waals surface area contributed by atoms with E-state index in [-0.39, 0.29) is 5.82 Å². The molecule has 0 spiro atoms. The molecular formula is C15H14BrF3N2. The van der Waals surface area contributed by atoms with Crippen molar-refractivity contribution in [2.45, 2.75) is 19.5 Å². The van der Waals surface area contributed by atoms with Gasteiger partial charge in [-0.1, -0.05) is 24.3 Å². The third-order valence-corrected chi connectivity index (χ3v) is 3.54. The van der Waals surface area contributed by atoms with Gasteiger partial charge in [0, 0.05) is 17.2 Å². The minimum absolute atomic E-state index is 0.140. The molecule has 0 radical (unpaired) electrons. The Kier molecular flexibility index (Phi) is 4.88. The molecule has 1 heterocycles. The molecule has 0 atom stereocenters. The Balaban J connectivity index is 2.09. The number of benzene rings is 1. The molecule has 1 aromatic heterocycles. The molecule has 0 bridgehead atoms. The second-order valence-corrected chi connectivity index (χ2v) is 5.57. The topological polar surface area (TPSA) is 24.9 Å². The summed E-state index contributed by atoms with van der Waals surface area (Å²) < 4.78 is 39.1. The lowest BCUT2D eigenvalue weighted by atomic mass is 10.1. The van der Waals surface area contributed by atoms with Crippen LogP contribution in [-0.2, 0) is 12.6 Å². The molecule has 21 heavy (non-hydrogen) atoms. The van der Waals surface area contributed by atoms with E-state index < -0.39 is 11.7 Å². The first-order chi connectivity index (χ1) is 9.88. The van der Waals surface area contributed by atoms with Crippen LogP contribution in [0.25, 0.3) is 0 Å². The molecule has 0 aliphatic heterocycles. The van der Waals surface area contributed by atoms with E-state index in [1.165, 1.54) is 6.20 Å². The second-order valence-electron chi connectivity index (χ2n) is 4.65. The molecular weight excluding hydrogens is 345 g/mol. The minimum Gasteiger partial charge on any atom is -0.369 e. The molecule has 0 unspecified atom stereocenters. The number of pyridine rings is 1. The molecule has 0 aliphatic rings. The largest absolute Gasteiger partial charge is 0.419 e. The Hall–Kier alpha value is -1.56. The zero-order valence-corrected chi connectivity index (χ0v) is 12.9. The molecule has 0 amide bonds. The number of nitrogens with zero attached hydrogens (tertiary/aromatic N) is 1. The number of nitrogens with one attached hydrogen (secondary N) is 1. The van der Waals surface area contributed by atoms with E-state index in [0.29, 0.717) is 17.4 Å². The van der Waals surface area contributed by atoms with Gasteiger partial charge in [0.15, 0.2) is 0 Å². The Morgan fingerprint density at radius 1 is 1.24 bits per heavy atom. The van der Waals surface area contributed by atoms with Gasteiger partial charge in [0.05, 0.1) is 5.56 Å². The van der Waals surface area contributed by atoms with Gasteiger partial charge in [-0.05, 0) is 46.5 Å². The molecule has 0 aliphatic carbocycles. The second kappa shape index (κ2) is 6.47. The quantitative estimate of drug-likeness (QED) is 0.846. The third kappa shape index (κ3) is 4.20. The van der Waals surface area contributed by atoms with Crippen LogP contribution >= 0.6 is 15.9 Å². The fourth-order valence-corrected chi connectivity index (χ4v) is 2.33. The third-order valence-electron chi connectivity index (χ3n) is 3.11. The minimum atomic E-state index is -4.43. The highest BCUT2D eigenvalue weighted by Crippen LogP contribution is 2.35. The molecule has 112 valence electrons. The summed E-state index contributed by atoms with van der Waals surface area (Å²) in [6.45, 7) is 2.37. The van der Waals surface area contributed by atoms with Gasteiger partial charge in [-0.2, -0.15) is 13.2 Å². The smallest absolute Gasteiger partial charge is 0.369 e. The molecule has 0 saturated carbocycles. The number of halogens is 4. The fraction of sp³-hybridized carbons (Fsp3) is 0.267. The standard InChI is InChI=1S/C15H14BrF3N2/c1-10-4-2-3-5-11(10)6-7-20-14-13(15(17,18)19)8-12(16)9-21-14/h2-5,8-9H,6-7H2,1H3,(H,20,21). The summed E-state index contributed by atoms with van der Waals surface area (Å²) in [5, 5.41) is 2.77. The first-order valence-electron chi connectivity index (χ1n) is 6.39. The SMILES string of the molecule is Cc1ccccc1CCNc1ncc(Br)cc1C(F)(F)F. The van der Waals surface area contributed by atoms with Crippen LogP contribution in [0.3, 0.4) is 0 Å². The van der Waals surface area contributed by atoms with Crippen LogP contribution < -0.4 is 5.32 Å². The van der Waals surface area contributed by atoms with Crippen molar-refractivity contribution >= 4 is 21.7 Å². The van der Waals surface area contributed by atoms with Crippen LogP contribution in [0.2, 0.25) is 0 Å². The van der Waals surface area contributed by atoms with Gasteiger partial charge in [-0.25, -0.2) is 4.98 Å². The van der Waals surface area contributed by atoms with Crippen LogP contribution in [0.4, 0.5) is 19.0 Å². The fourth-order valence-electron chi connectivity index (χ4n) is 2.00. The lowest BCUT2D eigenvalue weighted by Crippen LogP contribution is -2.14. The van der Waals surface area contributed by atoms with Gasteiger partial charge >= 0.3 is 6.18 Å². The van der Waals surface area contributed by atoms with Crippen molar-refractivity contribution in [3.63, 3.8) is 0 Å². The molecule has 6 heteroatoms. The van der Waals surface area contributed by atoms with Crippen LogP contribution in [0.1, 0.15) is 16.7 Å². The highest BCUT2D eigenvalue weighted by atomic mass is 79.9. The molecule has 1 aromatic carbocycles. The van der Waals surface area contributed by atoms with Crippen molar-refractivity contribution in [2.75, 3.05) is 11.9 Å². The van der Waals surface area contributed by atoms with E-state index in [0.717, 1.165) is 17.2 Å². The van der Waals surface area contributed by atoms with Gasteiger partial charge in [-0.3, -0.25) is 0 Å². The number of hydrogen-bond donors (Lipinski definition) is 1. The number of anilines is 1. The van der Waals surface area contributed by atoms with E-state index in [2.05, 4.69) is 26.2 Å². The van der Waals surface area contributed by atoms with Gasteiger partial charge < -0.3 is 5.32 Å². The highest BCUT2D eigenvalue weighted by Gasteiger charge is 2.34. The monoisotopic (exact) mass is 358 g/mol. The Labute approximate surface area is 129 Å². The lowest BCUT2D eigenvalue weighted by Gasteiger charge is -2.14. The normalized spacial score (nSPS) is 11.5. The van der Waals surface area contributed by atoms with Crippen LogP contribution in [0, 0.1) is 6.92 Å². The van der Waals surface area contributed by atoms with Crippen molar-refractivity contribution in [1.82, 2.24) is 4.98 Å². The van der Waals surface area contributed by atoms with Crippen molar-refractivity contribution in [3.8, 4) is 0 Å². The van der Waals surface area contributed by atoms with Crippen molar-refractivity contribution in [3.05, 3.63) is 57.7 Å². The van der Waals surface area contributed by atoms with E-state index in [4.69, 9.17) is 0 Å². The van der Waals surface area contributed by atoms with Crippen molar-refractivity contribution in [1.29, 1.82) is 0 Å². The molecule has 2 rings (SSSR count). The molecule has 0 fully saturated rings. The summed E-state index contributed by atoms with van der Waals surface area (Å²) in [6, 6.07) is 8.83. The maximum atomic E-state index is 12.9. The van der Waals surface area contributed by atoms with E-state index in [1.807, 2.05) is 31.2 Å². The maximum absolute atomic E-state index is 12.9. The lowest BCUT2D eigenvalue weighted by molar-refractivity contribution is -0.137. The Morgan fingerprint density at radius 2 is 1.95 bits per heavy atom. The first-order valence-corrected chi connectivity index (χ1v) is 7.18. The van der Waals surface area contributed by atoms with Gasteiger partial charge in [0.1, 0.15) is 5.82 Å². The Bertz CT molecular complexity index is 627. The summed E-state index contributed by atoms with van der Waals surface area (Å²) in [7, 11) is 0. The summed E-state index contributed by atoms with van der Waals surface area (Å²) >= 11 is 3.01. The number of aryl methyl sites for hydroxylation is 1. The summed E-state index contributed by atoms with van der Waals surface area (Å²) in [5.74, 6) is -0.140. The van der Waals surface area contributed by atoms with Crippen molar-refractivity contribution in [2.24, 2.45) is 0 Å². The van der Waals surface area contributed by atoms with Gasteiger partial charge in [-0.15, -0.1) is 0 Å². The average molecular weight is 359 g/mol. The number of alkyl halides is 3. The predicted molar refractivity (Wildman–Crippen MR) is 80.3 cm³/mol. The van der Waals surface area contributed by atoms with E-state index in [9.17, 15) is 13.2 Å². The molecule has 0 saturated heterocycles. The zero-order valence-electron chi connectivity index (χ0n) is 11.3. The summed E-state index contributed by atoms with van der Waals surface area (Å²) in [5.41, 5.74) is 1.47. The molecule has 1 N–H and O–H groups in total.